The van der Waals surface area contributed by atoms with Crippen molar-refractivity contribution in [2.75, 3.05) is 12.4 Å². The van der Waals surface area contributed by atoms with Crippen LogP contribution < -0.4 is 10.5 Å². The van der Waals surface area contributed by atoms with Crippen molar-refractivity contribution in [3.63, 3.8) is 0 Å². The van der Waals surface area contributed by atoms with Gasteiger partial charge in [0, 0.05) is 6.42 Å². The summed E-state index contributed by atoms with van der Waals surface area (Å²) in [5, 5.41) is 8.79. The van der Waals surface area contributed by atoms with Gasteiger partial charge in [-0.3, -0.25) is 14.4 Å². The van der Waals surface area contributed by atoms with Crippen LogP contribution in [0.5, 0.6) is 0 Å². The van der Waals surface area contributed by atoms with Gasteiger partial charge in [0.25, 0.3) is 0 Å². The van der Waals surface area contributed by atoms with E-state index < -0.39 is 39.7 Å². The first-order chi connectivity index (χ1) is 8.68. The minimum Gasteiger partial charge on any atom is -0.480 e. The van der Waals surface area contributed by atoms with Crippen molar-refractivity contribution in [2.45, 2.75) is 25.8 Å². The number of nitrogens with one attached hydrogen (secondary N) is 1. The number of sulfonamides is 1. The largest absolute Gasteiger partial charge is 0.480 e. The average Bonchev–Trinajstić information content (AvgIpc) is 2.22. The number of nitrogens with two attached hydrogens (primary N) is 1. The van der Waals surface area contributed by atoms with E-state index in [1.165, 1.54) is 6.92 Å². The molecule has 1 amide bonds. The zero-order valence-corrected chi connectivity index (χ0v) is 11.1. The topological polar surface area (TPSA) is 153 Å². The van der Waals surface area contributed by atoms with Crippen molar-refractivity contribution in [3.8, 4) is 0 Å². The first-order valence-electron chi connectivity index (χ1n) is 5.34. The van der Waals surface area contributed by atoms with Gasteiger partial charge in [0.1, 0.15) is 6.04 Å². The number of aliphatic carboxylic acids is 1. The molecule has 19 heavy (non-hydrogen) atoms. The van der Waals surface area contributed by atoms with E-state index in [9.17, 15) is 22.8 Å². The van der Waals surface area contributed by atoms with Crippen LogP contribution in [0.4, 0.5) is 0 Å². The number of carboxylic acid groups (broad SMARTS) is 1. The summed E-state index contributed by atoms with van der Waals surface area (Å²) in [6, 6.07) is -1.52. The first-order valence-corrected chi connectivity index (χ1v) is 7.00. The molecule has 10 heteroatoms. The fraction of sp³-hybridized carbons (Fsp3) is 0.667. The zero-order chi connectivity index (χ0) is 15.1. The Hall–Kier alpha value is -1.68. The molecule has 0 aromatic rings. The number of carboxylic acids is 1. The van der Waals surface area contributed by atoms with E-state index in [-0.39, 0.29) is 19.4 Å². The average molecular weight is 296 g/mol. The summed E-state index contributed by atoms with van der Waals surface area (Å²) in [6.07, 6.45) is -0.592. The maximum absolute atomic E-state index is 11.5. The summed E-state index contributed by atoms with van der Waals surface area (Å²) in [6.45, 7) is 1.52. The second-order valence-corrected chi connectivity index (χ2v) is 5.33. The minimum atomic E-state index is -4.15. The van der Waals surface area contributed by atoms with Crippen molar-refractivity contribution in [3.05, 3.63) is 0 Å². The van der Waals surface area contributed by atoms with Gasteiger partial charge in [-0.15, -0.1) is 0 Å². The molecule has 0 radical (unpaired) electrons. The third kappa shape index (κ3) is 8.11. The van der Waals surface area contributed by atoms with Crippen LogP contribution in [0.15, 0.2) is 0 Å². The van der Waals surface area contributed by atoms with Gasteiger partial charge in [0.2, 0.25) is 15.9 Å². The second kappa shape index (κ2) is 7.69. The summed E-state index contributed by atoms with van der Waals surface area (Å²) >= 11 is 0. The molecule has 0 aromatic carbocycles. The molecule has 0 saturated carbocycles. The molecule has 0 bridgehead atoms. The highest BCUT2D eigenvalue weighted by Gasteiger charge is 2.26. The number of rotatable bonds is 9. The highest BCUT2D eigenvalue weighted by molar-refractivity contribution is 7.90. The molecular formula is C9H16N2O7S. The molecule has 1 atom stereocenters. The van der Waals surface area contributed by atoms with Gasteiger partial charge in [0.05, 0.1) is 6.61 Å². The summed E-state index contributed by atoms with van der Waals surface area (Å²) in [4.78, 5) is 32.4. The Balaban J connectivity index is 4.60. The van der Waals surface area contributed by atoms with Gasteiger partial charge in [-0.05, 0) is 13.3 Å². The van der Waals surface area contributed by atoms with Crippen molar-refractivity contribution in [1.29, 1.82) is 0 Å². The van der Waals surface area contributed by atoms with Crippen LogP contribution in [0.25, 0.3) is 0 Å². The molecule has 0 unspecified atom stereocenters. The van der Waals surface area contributed by atoms with Gasteiger partial charge < -0.3 is 15.6 Å². The van der Waals surface area contributed by atoms with Crippen LogP contribution >= 0.6 is 0 Å². The number of carbonyl (C=O) groups excluding carboxylic acids is 2. The van der Waals surface area contributed by atoms with Crippen molar-refractivity contribution in [2.24, 2.45) is 5.73 Å². The van der Waals surface area contributed by atoms with Crippen molar-refractivity contribution < 1.29 is 32.6 Å². The number of primary amides is 1. The lowest BCUT2D eigenvalue weighted by atomic mass is 10.2. The predicted octanol–water partition coefficient (Wildman–Crippen LogP) is -1.81. The van der Waals surface area contributed by atoms with Crippen LogP contribution in [0.3, 0.4) is 0 Å². The van der Waals surface area contributed by atoms with E-state index in [1.807, 2.05) is 0 Å². The van der Waals surface area contributed by atoms with Crippen LogP contribution in [0, 0.1) is 0 Å². The van der Waals surface area contributed by atoms with Crippen molar-refractivity contribution in [1.82, 2.24) is 4.72 Å². The van der Waals surface area contributed by atoms with Gasteiger partial charge in [-0.1, -0.05) is 0 Å². The first kappa shape index (κ1) is 17.3. The van der Waals surface area contributed by atoms with Crippen molar-refractivity contribution >= 4 is 27.9 Å². The van der Waals surface area contributed by atoms with Gasteiger partial charge in [-0.2, -0.15) is 0 Å². The Labute approximate surface area is 110 Å². The monoisotopic (exact) mass is 296 g/mol. The molecule has 4 N–H and O–H groups in total. The van der Waals surface area contributed by atoms with Crippen LogP contribution in [-0.4, -0.2) is 49.8 Å². The standard InChI is InChI=1S/C9H16N2O7S/c1-2-18-8(13)5-19(16,17)11-6(9(14)15)3-4-7(10)12/h6,11H,2-5H2,1H3,(H2,10,12)(H,14,15)/t6-/m0/s1. The molecule has 0 aliphatic rings. The Bertz CT molecular complexity index is 445. The number of carbonyl (C=O) groups is 3. The Morgan fingerprint density at radius 3 is 2.37 bits per heavy atom. The number of ether oxygens (including phenoxy) is 1. The molecule has 0 aliphatic carbocycles. The maximum Gasteiger partial charge on any atom is 0.322 e. The summed E-state index contributed by atoms with van der Waals surface area (Å²) in [7, 11) is -4.15. The third-order valence-corrected chi connectivity index (χ3v) is 3.17. The lowest BCUT2D eigenvalue weighted by Crippen LogP contribution is -2.43. The zero-order valence-electron chi connectivity index (χ0n) is 10.3. The molecule has 0 heterocycles. The Kier molecular flexibility index (Phi) is 7.01. The molecule has 0 fully saturated rings. The highest BCUT2D eigenvalue weighted by atomic mass is 32.2. The predicted molar refractivity (Wildman–Crippen MR) is 63.4 cm³/mol. The van der Waals surface area contributed by atoms with Gasteiger partial charge in [0.15, 0.2) is 5.75 Å². The van der Waals surface area contributed by atoms with Gasteiger partial charge >= 0.3 is 11.9 Å². The fourth-order valence-electron chi connectivity index (χ4n) is 1.14. The second-order valence-electron chi connectivity index (χ2n) is 3.58. The smallest absolute Gasteiger partial charge is 0.322 e. The highest BCUT2D eigenvalue weighted by Crippen LogP contribution is 2.01. The fourth-order valence-corrected chi connectivity index (χ4v) is 2.26. The molecule has 0 aromatic heterocycles. The minimum absolute atomic E-state index is 0.0123. The van der Waals surface area contributed by atoms with E-state index in [1.54, 1.807) is 4.72 Å². The molecule has 0 spiro atoms. The summed E-state index contributed by atoms with van der Waals surface area (Å²) in [5.41, 5.74) is 4.84. The number of esters is 1. The van der Waals surface area contributed by atoms with E-state index in [0.29, 0.717) is 0 Å². The van der Waals surface area contributed by atoms with E-state index in [2.05, 4.69) is 4.74 Å². The normalized spacial score (nSPS) is 12.7. The SMILES string of the molecule is CCOC(=O)CS(=O)(=O)N[C@@H](CCC(N)=O)C(=O)O. The van der Waals surface area contributed by atoms with Crippen LogP contribution in [0.2, 0.25) is 0 Å². The summed E-state index contributed by atoms with van der Waals surface area (Å²) in [5.74, 6) is -4.19. The molecular weight excluding hydrogens is 280 g/mol. The van der Waals surface area contributed by atoms with Crippen LogP contribution in [-0.2, 0) is 29.1 Å². The number of amides is 1. The molecule has 0 saturated heterocycles. The maximum atomic E-state index is 11.5. The number of hydrogen-bond acceptors (Lipinski definition) is 6. The van der Waals surface area contributed by atoms with E-state index in [4.69, 9.17) is 10.8 Å². The molecule has 9 nitrogen and oxygen atoms in total. The van der Waals surface area contributed by atoms with E-state index in [0.717, 1.165) is 0 Å². The number of hydrogen-bond donors (Lipinski definition) is 3. The lowest BCUT2D eigenvalue weighted by molar-refractivity contribution is -0.141. The molecule has 110 valence electrons. The molecule has 0 aliphatic heterocycles. The Morgan fingerprint density at radius 1 is 1.37 bits per heavy atom. The lowest BCUT2D eigenvalue weighted by Gasteiger charge is -2.13. The van der Waals surface area contributed by atoms with Crippen LogP contribution in [0.1, 0.15) is 19.8 Å². The van der Waals surface area contributed by atoms with Gasteiger partial charge in [-0.25, -0.2) is 13.1 Å². The quantitative estimate of drug-likeness (QED) is 0.424. The molecule has 0 rings (SSSR count). The third-order valence-electron chi connectivity index (χ3n) is 1.91. The summed E-state index contributed by atoms with van der Waals surface area (Å²) < 4.78 is 29.2. The Morgan fingerprint density at radius 2 is 1.95 bits per heavy atom. The van der Waals surface area contributed by atoms with E-state index >= 15 is 0 Å².